The van der Waals surface area contributed by atoms with Gasteiger partial charge in [0.2, 0.25) is 0 Å². The molecule has 0 bridgehead atoms. The first-order valence-corrected chi connectivity index (χ1v) is 10.3. The van der Waals surface area contributed by atoms with Gasteiger partial charge in [-0.25, -0.2) is 4.99 Å². The van der Waals surface area contributed by atoms with Gasteiger partial charge in [-0.1, -0.05) is 30.3 Å². The summed E-state index contributed by atoms with van der Waals surface area (Å²) >= 11 is 0. The molecule has 0 aromatic heterocycles. The normalized spacial score (nSPS) is 16.6. The van der Waals surface area contributed by atoms with Gasteiger partial charge in [0.15, 0.2) is 5.96 Å². The number of piperidine rings is 1. The molecule has 0 aliphatic carbocycles. The summed E-state index contributed by atoms with van der Waals surface area (Å²) in [5, 5.41) is 16.5. The molecule has 3 N–H and O–H groups in total. The standard InChI is InChI=1S/C23H32N4O2.HI/c1-3-24-23(25-15-18-8-4-5-9-19(18)17-28)26-20-10-7-13-27(16-20)21-11-6-12-22(14-21)29-2;/h4-6,8-9,11-12,14,20,28H,3,7,10,13,15-17H2,1-2H3,(H2,24,25,26);1H. The molecule has 0 spiro atoms. The highest BCUT2D eigenvalue weighted by Crippen LogP contribution is 2.24. The van der Waals surface area contributed by atoms with Gasteiger partial charge in [0.05, 0.1) is 20.3 Å². The van der Waals surface area contributed by atoms with Gasteiger partial charge in [0, 0.05) is 37.4 Å². The van der Waals surface area contributed by atoms with Crippen LogP contribution in [0, 0.1) is 0 Å². The zero-order chi connectivity index (χ0) is 20.5. The van der Waals surface area contributed by atoms with Crippen molar-refractivity contribution in [2.75, 3.05) is 31.6 Å². The molecule has 1 saturated heterocycles. The monoisotopic (exact) mass is 524 g/mol. The van der Waals surface area contributed by atoms with Crippen LogP contribution in [0.1, 0.15) is 30.9 Å². The number of aliphatic imine (C=N–C) groups is 1. The van der Waals surface area contributed by atoms with E-state index in [1.54, 1.807) is 7.11 Å². The van der Waals surface area contributed by atoms with Crippen LogP contribution in [0.2, 0.25) is 0 Å². The van der Waals surface area contributed by atoms with Crippen molar-refractivity contribution >= 4 is 35.6 Å². The van der Waals surface area contributed by atoms with Gasteiger partial charge in [-0.3, -0.25) is 0 Å². The summed E-state index contributed by atoms with van der Waals surface area (Å²) in [6.07, 6.45) is 2.24. The van der Waals surface area contributed by atoms with Gasteiger partial charge in [-0.2, -0.15) is 0 Å². The van der Waals surface area contributed by atoms with Crippen molar-refractivity contribution in [1.82, 2.24) is 10.6 Å². The maximum atomic E-state index is 9.53. The number of halogens is 1. The van der Waals surface area contributed by atoms with Crippen LogP contribution in [0.3, 0.4) is 0 Å². The summed E-state index contributed by atoms with van der Waals surface area (Å²) in [6, 6.07) is 16.4. The number of benzene rings is 2. The Balaban J connectivity index is 0.00000320. The van der Waals surface area contributed by atoms with Crippen molar-refractivity contribution in [1.29, 1.82) is 0 Å². The van der Waals surface area contributed by atoms with E-state index in [1.807, 2.05) is 36.4 Å². The van der Waals surface area contributed by atoms with Gasteiger partial charge in [-0.05, 0) is 43.0 Å². The Morgan fingerprint density at radius 1 is 1.20 bits per heavy atom. The Morgan fingerprint density at radius 2 is 2.00 bits per heavy atom. The third kappa shape index (κ3) is 6.77. The largest absolute Gasteiger partial charge is 0.497 e. The third-order valence-corrected chi connectivity index (χ3v) is 5.22. The van der Waals surface area contributed by atoms with Crippen LogP contribution >= 0.6 is 24.0 Å². The minimum atomic E-state index is 0. The minimum absolute atomic E-state index is 0. The SMILES string of the molecule is CCNC(=NCc1ccccc1CO)NC1CCCN(c2cccc(OC)c2)C1.I. The second kappa shape index (κ2) is 12.6. The van der Waals surface area contributed by atoms with Crippen molar-refractivity contribution in [2.24, 2.45) is 4.99 Å². The number of aliphatic hydroxyl groups is 1. The smallest absolute Gasteiger partial charge is 0.191 e. The van der Waals surface area contributed by atoms with Gasteiger partial charge in [-0.15, -0.1) is 24.0 Å². The zero-order valence-electron chi connectivity index (χ0n) is 17.8. The number of ether oxygens (including phenoxy) is 1. The van der Waals surface area contributed by atoms with Gasteiger partial charge >= 0.3 is 0 Å². The molecule has 1 aliphatic heterocycles. The number of nitrogens with zero attached hydrogens (tertiary/aromatic N) is 2. The van der Waals surface area contributed by atoms with E-state index in [-0.39, 0.29) is 30.6 Å². The average molecular weight is 524 g/mol. The number of rotatable bonds is 7. The topological polar surface area (TPSA) is 69.1 Å². The molecule has 2 aromatic rings. The summed E-state index contributed by atoms with van der Waals surface area (Å²) in [4.78, 5) is 7.15. The zero-order valence-corrected chi connectivity index (χ0v) is 20.1. The van der Waals surface area contributed by atoms with E-state index in [2.05, 4.69) is 34.6 Å². The molecule has 0 saturated carbocycles. The van der Waals surface area contributed by atoms with Crippen LogP contribution < -0.4 is 20.3 Å². The first kappa shape index (κ1) is 24.3. The predicted octanol–water partition coefficient (Wildman–Crippen LogP) is 3.53. The fourth-order valence-corrected chi connectivity index (χ4v) is 3.68. The maximum absolute atomic E-state index is 9.53. The average Bonchev–Trinajstić information content (AvgIpc) is 2.78. The van der Waals surface area contributed by atoms with Crippen molar-refractivity contribution in [3.8, 4) is 5.75 Å². The van der Waals surface area contributed by atoms with E-state index >= 15 is 0 Å². The second-order valence-electron chi connectivity index (χ2n) is 7.25. The summed E-state index contributed by atoms with van der Waals surface area (Å²) in [5.41, 5.74) is 3.16. The van der Waals surface area contributed by atoms with Gasteiger partial charge in [0.1, 0.15) is 5.75 Å². The molecule has 30 heavy (non-hydrogen) atoms. The number of nitrogens with one attached hydrogen (secondary N) is 2. The lowest BCUT2D eigenvalue weighted by Gasteiger charge is -2.35. The number of hydrogen-bond donors (Lipinski definition) is 3. The Bertz CT molecular complexity index is 815. The van der Waals surface area contributed by atoms with Crippen molar-refractivity contribution in [3.63, 3.8) is 0 Å². The number of guanidine groups is 1. The summed E-state index contributed by atoms with van der Waals surface area (Å²) < 4.78 is 5.37. The fourth-order valence-electron chi connectivity index (χ4n) is 3.68. The Morgan fingerprint density at radius 3 is 2.73 bits per heavy atom. The molecule has 7 heteroatoms. The minimum Gasteiger partial charge on any atom is -0.497 e. The Hall–Kier alpha value is -2.00. The lowest BCUT2D eigenvalue weighted by molar-refractivity contribution is 0.280. The molecule has 0 amide bonds. The number of anilines is 1. The molecule has 1 heterocycles. The maximum Gasteiger partial charge on any atom is 0.191 e. The molecule has 1 aliphatic rings. The molecule has 1 fully saturated rings. The number of hydrogen-bond acceptors (Lipinski definition) is 4. The molecule has 3 rings (SSSR count). The van der Waals surface area contributed by atoms with E-state index in [0.717, 1.165) is 55.3 Å². The van der Waals surface area contributed by atoms with E-state index in [9.17, 15) is 5.11 Å². The van der Waals surface area contributed by atoms with Gasteiger partial charge < -0.3 is 25.4 Å². The van der Waals surface area contributed by atoms with Crippen molar-refractivity contribution in [2.45, 2.75) is 39.0 Å². The van der Waals surface area contributed by atoms with Gasteiger partial charge in [0.25, 0.3) is 0 Å². The number of methoxy groups -OCH3 is 1. The lowest BCUT2D eigenvalue weighted by atomic mass is 10.0. The highest BCUT2D eigenvalue weighted by molar-refractivity contribution is 14.0. The summed E-state index contributed by atoms with van der Waals surface area (Å²) in [6.45, 7) is 5.42. The highest BCUT2D eigenvalue weighted by Gasteiger charge is 2.21. The first-order valence-electron chi connectivity index (χ1n) is 10.3. The molecule has 1 atom stereocenters. The Kier molecular flexibility index (Phi) is 10.2. The quantitative estimate of drug-likeness (QED) is 0.294. The molecule has 164 valence electrons. The van der Waals surface area contributed by atoms with Crippen LogP contribution in [-0.4, -0.2) is 43.9 Å². The third-order valence-electron chi connectivity index (χ3n) is 5.22. The van der Waals surface area contributed by atoms with Crippen molar-refractivity contribution < 1.29 is 9.84 Å². The molecule has 2 aromatic carbocycles. The number of aliphatic hydroxyl groups excluding tert-OH is 1. The van der Waals surface area contributed by atoms with E-state index < -0.39 is 0 Å². The van der Waals surface area contributed by atoms with Crippen LogP contribution in [0.15, 0.2) is 53.5 Å². The molecule has 1 unspecified atom stereocenters. The fraction of sp³-hybridized carbons (Fsp3) is 0.435. The highest BCUT2D eigenvalue weighted by atomic mass is 127. The van der Waals surface area contributed by atoms with E-state index in [0.29, 0.717) is 12.6 Å². The van der Waals surface area contributed by atoms with Crippen LogP contribution in [-0.2, 0) is 13.2 Å². The van der Waals surface area contributed by atoms with Crippen LogP contribution in [0.5, 0.6) is 5.75 Å². The molecular weight excluding hydrogens is 491 g/mol. The van der Waals surface area contributed by atoms with E-state index in [4.69, 9.17) is 9.73 Å². The summed E-state index contributed by atoms with van der Waals surface area (Å²) in [5.74, 6) is 1.70. The first-order chi connectivity index (χ1) is 14.2. The van der Waals surface area contributed by atoms with Crippen LogP contribution in [0.25, 0.3) is 0 Å². The molecule has 6 nitrogen and oxygen atoms in total. The van der Waals surface area contributed by atoms with E-state index in [1.165, 1.54) is 5.69 Å². The van der Waals surface area contributed by atoms with Crippen LogP contribution in [0.4, 0.5) is 5.69 Å². The summed E-state index contributed by atoms with van der Waals surface area (Å²) in [7, 11) is 1.70. The molecular formula is C23H33IN4O2. The predicted molar refractivity (Wildman–Crippen MR) is 134 cm³/mol. The molecule has 0 radical (unpaired) electrons. The second-order valence-corrected chi connectivity index (χ2v) is 7.25. The lowest BCUT2D eigenvalue weighted by Crippen LogP contribution is -2.51. The Labute approximate surface area is 196 Å². The van der Waals surface area contributed by atoms with Crippen molar-refractivity contribution in [3.05, 3.63) is 59.7 Å².